The van der Waals surface area contributed by atoms with Gasteiger partial charge in [-0.3, -0.25) is 0 Å². The zero-order valence-electron chi connectivity index (χ0n) is 16.1. The fourth-order valence-electron chi connectivity index (χ4n) is 3.33. The summed E-state index contributed by atoms with van der Waals surface area (Å²) in [5.74, 6) is 0.912. The van der Waals surface area contributed by atoms with Crippen LogP contribution in [0.1, 0.15) is 36.8 Å². The van der Waals surface area contributed by atoms with Gasteiger partial charge in [0.25, 0.3) is 0 Å². The van der Waals surface area contributed by atoms with Crippen LogP contribution in [0.25, 0.3) is 22.9 Å². The minimum atomic E-state index is 0.803. The number of hydrogen-bond donors (Lipinski definition) is 1. The third-order valence-electron chi connectivity index (χ3n) is 4.88. The second-order valence-electron chi connectivity index (χ2n) is 6.81. The lowest BCUT2D eigenvalue weighted by molar-refractivity contribution is -0.697. The molecule has 0 aliphatic rings. The van der Waals surface area contributed by atoms with E-state index in [4.69, 9.17) is 10.5 Å². The molecule has 3 aromatic rings. The van der Waals surface area contributed by atoms with Crippen molar-refractivity contribution in [2.24, 2.45) is 5.73 Å². The number of fused-ring (bicyclic) bond motifs is 1. The van der Waals surface area contributed by atoms with Crippen molar-refractivity contribution in [3.63, 3.8) is 0 Å². The molecule has 0 saturated heterocycles. The number of aryl methyl sites for hydroxylation is 1. The molecule has 2 N–H and O–H groups in total. The van der Waals surface area contributed by atoms with Crippen molar-refractivity contribution >= 4 is 22.9 Å². The summed E-state index contributed by atoms with van der Waals surface area (Å²) in [7, 11) is 1.72. The van der Waals surface area contributed by atoms with Crippen molar-refractivity contribution in [3.05, 3.63) is 72.1 Å². The van der Waals surface area contributed by atoms with E-state index < -0.39 is 0 Å². The van der Waals surface area contributed by atoms with Crippen LogP contribution >= 0.6 is 0 Å². The van der Waals surface area contributed by atoms with Crippen LogP contribution < -0.4 is 15.0 Å². The summed E-state index contributed by atoms with van der Waals surface area (Å²) in [5, 5.41) is 2.35. The Balaban J connectivity index is 1.67. The first-order valence-corrected chi connectivity index (χ1v) is 9.75. The molecule has 0 aliphatic carbocycles. The van der Waals surface area contributed by atoms with Crippen LogP contribution in [0.4, 0.5) is 0 Å². The first-order valence-electron chi connectivity index (χ1n) is 9.75. The Morgan fingerprint density at radius 2 is 1.59 bits per heavy atom. The summed E-state index contributed by atoms with van der Waals surface area (Å²) < 4.78 is 7.73. The monoisotopic (exact) mass is 361 g/mol. The fraction of sp³-hybridized carbons (Fsp3) is 0.292. The number of ether oxygens (including phenoxy) is 1. The number of nitrogens with two attached hydrogens (primary N) is 1. The Morgan fingerprint density at radius 3 is 2.33 bits per heavy atom. The van der Waals surface area contributed by atoms with Gasteiger partial charge in [-0.1, -0.05) is 48.9 Å². The molecule has 0 spiro atoms. The van der Waals surface area contributed by atoms with Gasteiger partial charge in [0.15, 0.2) is 12.4 Å². The van der Waals surface area contributed by atoms with Crippen LogP contribution in [0.2, 0.25) is 0 Å². The number of unbranched alkanes of at least 4 members (excludes halogenated alkanes) is 3. The molecule has 0 saturated carbocycles. The Morgan fingerprint density at radius 1 is 0.852 bits per heavy atom. The van der Waals surface area contributed by atoms with Crippen LogP contribution in [0.3, 0.4) is 0 Å². The number of nitrogens with zero attached hydrogens (tertiary/aromatic N) is 1. The van der Waals surface area contributed by atoms with Gasteiger partial charge in [-0.05, 0) is 42.0 Å². The molecule has 0 fully saturated rings. The molecule has 140 valence electrons. The van der Waals surface area contributed by atoms with Gasteiger partial charge in [-0.25, -0.2) is 4.57 Å². The van der Waals surface area contributed by atoms with E-state index in [1.165, 1.54) is 35.8 Å². The van der Waals surface area contributed by atoms with E-state index in [-0.39, 0.29) is 0 Å². The number of aromatic nitrogens is 1. The van der Waals surface area contributed by atoms with Crippen molar-refractivity contribution < 1.29 is 9.30 Å². The van der Waals surface area contributed by atoms with Crippen molar-refractivity contribution in [3.8, 4) is 5.75 Å². The Bertz CT molecular complexity index is 885. The standard InChI is InChI=1S/C24H29N2O/c1-27-24-13-12-21(22-8-4-5-9-23(22)24)11-10-20-14-18-26(19-15-20)17-7-3-2-6-16-25/h4-5,8-15,18-19H,2-3,6-7,16-17,25H2,1H3/q+1/b11-10+. The average molecular weight is 362 g/mol. The molecule has 0 unspecified atom stereocenters. The van der Waals surface area contributed by atoms with Crippen LogP contribution in [0.15, 0.2) is 60.9 Å². The van der Waals surface area contributed by atoms with E-state index in [9.17, 15) is 0 Å². The molecule has 0 atom stereocenters. The number of hydrogen-bond acceptors (Lipinski definition) is 2. The largest absolute Gasteiger partial charge is 0.496 e. The highest BCUT2D eigenvalue weighted by molar-refractivity contribution is 5.96. The highest BCUT2D eigenvalue weighted by Crippen LogP contribution is 2.29. The van der Waals surface area contributed by atoms with Gasteiger partial charge in [-0.2, -0.15) is 0 Å². The van der Waals surface area contributed by atoms with Gasteiger partial charge in [-0.15, -0.1) is 0 Å². The number of rotatable bonds is 9. The summed E-state index contributed by atoms with van der Waals surface area (Å²) in [5.41, 5.74) is 7.94. The second kappa shape index (κ2) is 9.89. The highest BCUT2D eigenvalue weighted by atomic mass is 16.5. The van der Waals surface area contributed by atoms with Gasteiger partial charge in [0, 0.05) is 23.9 Å². The predicted octanol–water partition coefficient (Wildman–Crippen LogP) is 4.83. The summed E-state index contributed by atoms with van der Waals surface area (Å²) in [6.45, 7) is 1.87. The fourth-order valence-corrected chi connectivity index (χ4v) is 3.33. The minimum Gasteiger partial charge on any atom is -0.496 e. The molecular formula is C24H29N2O+. The molecule has 3 rings (SSSR count). The molecule has 1 aromatic heterocycles. The van der Waals surface area contributed by atoms with Gasteiger partial charge < -0.3 is 10.5 Å². The zero-order valence-corrected chi connectivity index (χ0v) is 16.1. The maximum Gasteiger partial charge on any atom is 0.169 e. The average Bonchev–Trinajstić information content (AvgIpc) is 2.72. The third-order valence-corrected chi connectivity index (χ3v) is 4.88. The van der Waals surface area contributed by atoms with Crippen LogP contribution in [-0.2, 0) is 6.54 Å². The molecule has 2 aromatic carbocycles. The minimum absolute atomic E-state index is 0.803. The lowest BCUT2D eigenvalue weighted by Gasteiger charge is -2.07. The Labute approximate surface area is 162 Å². The number of pyridine rings is 1. The Kier molecular flexibility index (Phi) is 7.00. The highest BCUT2D eigenvalue weighted by Gasteiger charge is 2.04. The second-order valence-corrected chi connectivity index (χ2v) is 6.81. The Hall–Kier alpha value is -2.65. The van der Waals surface area contributed by atoms with E-state index >= 15 is 0 Å². The number of benzene rings is 2. The molecule has 1 heterocycles. The summed E-state index contributed by atoms with van der Waals surface area (Å²) in [4.78, 5) is 0. The van der Waals surface area contributed by atoms with Crippen molar-refractivity contribution in [2.45, 2.75) is 32.2 Å². The third kappa shape index (κ3) is 5.18. The maximum absolute atomic E-state index is 5.54. The van der Waals surface area contributed by atoms with E-state index in [1.54, 1.807) is 7.11 Å². The maximum atomic E-state index is 5.54. The first-order chi connectivity index (χ1) is 13.3. The predicted molar refractivity (Wildman–Crippen MR) is 114 cm³/mol. The molecule has 0 bridgehead atoms. The molecule has 3 nitrogen and oxygen atoms in total. The van der Waals surface area contributed by atoms with Crippen molar-refractivity contribution in [1.82, 2.24) is 0 Å². The molecule has 0 amide bonds. The van der Waals surface area contributed by atoms with Crippen molar-refractivity contribution in [2.75, 3.05) is 13.7 Å². The molecular weight excluding hydrogens is 332 g/mol. The first kappa shape index (κ1) is 19.1. The molecule has 27 heavy (non-hydrogen) atoms. The van der Waals surface area contributed by atoms with Gasteiger partial charge >= 0.3 is 0 Å². The van der Waals surface area contributed by atoms with Crippen LogP contribution in [-0.4, -0.2) is 13.7 Å². The van der Waals surface area contributed by atoms with Gasteiger partial charge in [0.1, 0.15) is 12.3 Å². The van der Waals surface area contributed by atoms with E-state index in [1.807, 2.05) is 12.1 Å². The van der Waals surface area contributed by atoms with E-state index in [0.29, 0.717) is 0 Å². The molecule has 0 radical (unpaired) electrons. The zero-order chi connectivity index (χ0) is 18.9. The lowest BCUT2D eigenvalue weighted by atomic mass is 10.0. The molecule has 3 heteroatoms. The van der Waals surface area contributed by atoms with Crippen molar-refractivity contribution in [1.29, 1.82) is 0 Å². The quantitative estimate of drug-likeness (QED) is 0.438. The van der Waals surface area contributed by atoms with E-state index in [2.05, 4.69) is 65.5 Å². The summed E-state index contributed by atoms with van der Waals surface area (Å²) in [6.07, 6.45) is 13.5. The van der Waals surface area contributed by atoms with Crippen LogP contribution in [0, 0.1) is 0 Å². The topological polar surface area (TPSA) is 39.1 Å². The summed E-state index contributed by atoms with van der Waals surface area (Å²) >= 11 is 0. The van der Waals surface area contributed by atoms with E-state index in [0.717, 1.165) is 30.6 Å². The number of methoxy groups -OCH3 is 1. The molecule has 0 aliphatic heterocycles. The van der Waals surface area contributed by atoms with Crippen LogP contribution in [0.5, 0.6) is 5.75 Å². The smallest absolute Gasteiger partial charge is 0.169 e. The lowest BCUT2D eigenvalue weighted by Crippen LogP contribution is -2.32. The SMILES string of the molecule is COc1ccc(/C=C/c2cc[n+](CCCCCCN)cc2)c2ccccc12. The van der Waals surface area contributed by atoms with Gasteiger partial charge in [0.2, 0.25) is 0 Å². The summed E-state index contributed by atoms with van der Waals surface area (Å²) in [6, 6.07) is 16.8. The van der Waals surface area contributed by atoms with Gasteiger partial charge in [0.05, 0.1) is 7.11 Å². The normalized spacial score (nSPS) is 11.3.